The van der Waals surface area contributed by atoms with Crippen molar-refractivity contribution in [1.29, 1.82) is 0 Å². The summed E-state index contributed by atoms with van der Waals surface area (Å²) < 4.78 is 0. The Morgan fingerprint density at radius 1 is 0.417 bits per heavy atom. The van der Waals surface area contributed by atoms with Crippen LogP contribution in [-0.4, -0.2) is 9.97 Å². The van der Waals surface area contributed by atoms with Gasteiger partial charge in [-0.05, 0) is 105 Å². The normalized spacial score (nSPS) is 15.2. The van der Waals surface area contributed by atoms with E-state index in [-0.39, 0.29) is 10.8 Å². The molecule has 0 atom stereocenters. The maximum absolute atomic E-state index is 5.34. The van der Waals surface area contributed by atoms with Gasteiger partial charge in [0, 0.05) is 43.8 Å². The van der Waals surface area contributed by atoms with Gasteiger partial charge in [-0.3, -0.25) is 9.97 Å². The van der Waals surface area contributed by atoms with Crippen LogP contribution in [-0.2, 0) is 10.8 Å². The van der Waals surface area contributed by atoms with Crippen LogP contribution in [0.2, 0.25) is 0 Å². The largest absolute Gasteiger partial charge is 0.252 e. The van der Waals surface area contributed by atoms with Crippen molar-refractivity contribution in [3.05, 3.63) is 143 Å². The summed E-state index contributed by atoms with van der Waals surface area (Å²) in [6.07, 6.45) is 0. The molecule has 0 amide bonds. The van der Waals surface area contributed by atoms with Crippen molar-refractivity contribution >= 4 is 32.6 Å². The standard InChI is InChI=1S/C46H36N2/c1-25-33-21-27(29-15-11-19-37-41(29)31-13-7-9-17-35(31)45(37,3)4)24-40-43(33)44-34(26(2)48-40)22-28(23-39(44)47-25)30-16-12-20-38-42(30)32-14-8-10-18-36(32)46(38,5)6/h7-24H,1-6H3. The molecular weight excluding hydrogens is 581 g/mol. The molecule has 2 aliphatic carbocycles. The summed E-state index contributed by atoms with van der Waals surface area (Å²) in [6.45, 7) is 13.7. The van der Waals surface area contributed by atoms with Crippen molar-refractivity contribution in [2.45, 2.75) is 52.4 Å². The molecule has 0 aliphatic heterocycles. The first-order valence-corrected chi connectivity index (χ1v) is 17.1. The first-order valence-electron chi connectivity index (χ1n) is 17.1. The van der Waals surface area contributed by atoms with Crippen LogP contribution in [0, 0.1) is 13.8 Å². The Bertz CT molecular complexity index is 2500. The Morgan fingerprint density at radius 2 is 0.792 bits per heavy atom. The van der Waals surface area contributed by atoms with E-state index in [1.165, 1.54) is 88.3 Å². The number of aromatic nitrogens is 2. The van der Waals surface area contributed by atoms with E-state index in [1.54, 1.807) is 0 Å². The number of nitrogens with zero attached hydrogens (tertiary/aromatic N) is 2. The summed E-state index contributed by atoms with van der Waals surface area (Å²) in [4.78, 5) is 10.7. The van der Waals surface area contributed by atoms with Gasteiger partial charge in [-0.1, -0.05) is 113 Å². The molecule has 2 heterocycles. The smallest absolute Gasteiger partial charge is 0.0725 e. The van der Waals surface area contributed by atoms with Crippen LogP contribution < -0.4 is 0 Å². The summed E-state index contributed by atoms with van der Waals surface area (Å²) >= 11 is 0. The third-order valence-corrected chi connectivity index (χ3v) is 11.7. The van der Waals surface area contributed by atoms with Crippen molar-refractivity contribution in [2.75, 3.05) is 0 Å². The number of rotatable bonds is 2. The highest BCUT2D eigenvalue weighted by Crippen LogP contribution is 2.54. The third kappa shape index (κ3) is 3.42. The van der Waals surface area contributed by atoms with Gasteiger partial charge in [-0.15, -0.1) is 0 Å². The lowest BCUT2D eigenvalue weighted by Gasteiger charge is -2.22. The van der Waals surface area contributed by atoms with Gasteiger partial charge in [-0.2, -0.15) is 0 Å². The van der Waals surface area contributed by atoms with Gasteiger partial charge in [0.05, 0.1) is 11.0 Å². The molecule has 8 aromatic rings. The minimum atomic E-state index is -0.0429. The van der Waals surface area contributed by atoms with E-state index in [2.05, 4.69) is 151 Å². The predicted molar refractivity (Wildman–Crippen MR) is 201 cm³/mol. The fraction of sp³-hybridized carbons (Fsp3) is 0.174. The molecule has 2 heteroatoms. The van der Waals surface area contributed by atoms with E-state index in [0.29, 0.717) is 0 Å². The monoisotopic (exact) mass is 616 g/mol. The molecule has 6 aromatic carbocycles. The number of hydrogen-bond donors (Lipinski definition) is 0. The Labute approximate surface area is 281 Å². The van der Waals surface area contributed by atoms with E-state index >= 15 is 0 Å². The molecule has 0 unspecified atom stereocenters. The van der Waals surface area contributed by atoms with Crippen molar-refractivity contribution in [3.63, 3.8) is 0 Å². The van der Waals surface area contributed by atoms with E-state index in [4.69, 9.17) is 9.97 Å². The molecular formula is C46H36N2. The zero-order chi connectivity index (χ0) is 32.7. The SMILES string of the molecule is Cc1nc2cc(-c3cccc4c3-c3ccccc3C4(C)C)cc3c(C)nc4cc(-c5cccc6c5-c5ccccc5C6(C)C)cc1c4c23. The minimum absolute atomic E-state index is 0.0429. The van der Waals surface area contributed by atoms with Gasteiger partial charge in [-0.25, -0.2) is 0 Å². The number of pyridine rings is 2. The van der Waals surface area contributed by atoms with Gasteiger partial charge in [0.25, 0.3) is 0 Å². The molecule has 0 bridgehead atoms. The highest BCUT2D eigenvalue weighted by Gasteiger charge is 2.38. The van der Waals surface area contributed by atoms with Gasteiger partial charge in [0.1, 0.15) is 0 Å². The first-order chi connectivity index (χ1) is 23.1. The van der Waals surface area contributed by atoms with E-state index < -0.39 is 0 Å². The second-order valence-corrected chi connectivity index (χ2v) is 15.0. The Hall–Kier alpha value is -5.34. The highest BCUT2D eigenvalue weighted by molar-refractivity contribution is 6.24. The fourth-order valence-electron chi connectivity index (χ4n) is 9.31. The summed E-state index contributed by atoms with van der Waals surface area (Å²) in [5.74, 6) is 0. The van der Waals surface area contributed by atoms with Crippen molar-refractivity contribution in [1.82, 2.24) is 9.97 Å². The van der Waals surface area contributed by atoms with Crippen molar-refractivity contribution in [2.24, 2.45) is 0 Å². The second kappa shape index (κ2) is 9.17. The van der Waals surface area contributed by atoms with E-state index in [1.807, 2.05) is 0 Å². The molecule has 10 rings (SSSR count). The van der Waals surface area contributed by atoms with Crippen LogP contribution in [0.3, 0.4) is 0 Å². The van der Waals surface area contributed by atoms with Gasteiger partial charge in [0.15, 0.2) is 0 Å². The average Bonchev–Trinajstić information content (AvgIpc) is 3.47. The van der Waals surface area contributed by atoms with Gasteiger partial charge < -0.3 is 0 Å². The van der Waals surface area contributed by atoms with E-state index in [0.717, 1.165) is 22.4 Å². The number of hydrogen-bond acceptors (Lipinski definition) is 2. The lowest BCUT2D eigenvalue weighted by Crippen LogP contribution is -2.14. The average molecular weight is 617 g/mol. The zero-order valence-electron chi connectivity index (χ0n) is 28.3. The van der Waals surface area contributed by atoms with Crippen LogP contribution in [0.15, 0.2) is 109 Å². The molecule has 2 aromatic heterocycles. The van der Waals surface area contributed by atoms with E-state index in [9.17, 15) is 0 Å². The maximum atomic E-state index is 5.34. The van der Waals surface area contributed by atoms with Crippen LogP contribution >= 0.6 is 0 Å². The lowest BCUT2D eigenvalue weighted by atomic mass is 9.81. The molecule has 0 radical (unpaired) electrons. The first kappa shape index (κ1) is 27.7. The van der Waals surface area contributed by atoms with Crippen LogP contribution in [0.25, 0.3) is 77.1 Å². The lowest BCUT2D eigenvalue weighted by molar-refractivity contribution is 0.660. The van der Waals surface area contributed by atoms with Crippen molar-refractivity contribution in [3.8, 4) is 44.5 Å². The zero-order valence-corrected chi connectivity index (χ0v) is 28.3. The summed E-state index contributed by atoms with van der Waals surface area (Å²) in [6, 6.07) is 40.8. The molecule has 2 aliphatic rings. The van der Waals surface area contributed by atoms with Crippen molar-refractivity contribution < 1.29 is 0 Å². The number of aryl methyl sites for hydroxylation is 2. The van der Waals surface area contributed by atoms with Gasteiger partial charge >= 0.3 is 0 Å². The predicted octanol–water partition coefficient (Wildman–Crippen LogP) is 11.9. The third-order valence-electron chi connectivity index (χ3n) is 11.7. The van der Waals surface area contributed by atoms with Crippen LogP contribution in [0.5, 0.6) is 0 Å². The summed E-state index contributed by atoms with van der Waals surface area (Å²) in [5.41, 5.74) is 19.9. The number of fused-ring (bicyclic) bond motifs is 6. The summed E-state index contributed by atoms with van der Waals surface area (Å²) in [7, 11) is 0. The molecule has 48 heavy (non-hydrogen) atoms. The summed E-state index contributed by atoms with van der Waals surface area (Å²) in [5, 5.41) is 4.79. The molecule has 230 valence electrons. The fourth-order valence-corrected chi connectivity index (χ4v) is 9.31. The molecule has 0 saturated carbocycles. The molecule has 2 nitrogen and oxygen atoms in total. The Kier molecular flexibility index (Phi) is 5.30. The maximum Gasteiger partial charge on any atom is 0.0725 e. The highest BCUT2D eigenvalue weighted by atomic mass is 14.7. The Morgan fingerprint density at radius 3 is 1.23 bits per heavy atom. The van der Waals surface area contributed by atoms with Crippen LogP contribution in [0.4, 0.5) is 0 Å². The molecule has 0 fully saturated rings. The topological polar surface area (TPSA) is 25.8 Å². The van der Waals surface area contributed by atoms with Gasteiger partial charge in [0.2, 0.25) is 0 Å². The minimum Gasteiger partial charge on any atom is -0.252 e. The quantitative estimate of drug-likeness (QED) is 0.181. The number of benzene rings is 6. The molecule has 0 spiro atoms. The molecule has 0 N–H and O–H groups in total. The van der Waals surface area contributed by atoms with Crippen LogP contribution in [0.1, 0.15) is 61.3 Å². The second-order valence-electron chi connectivity index (χ2n) is 15.0. The molecule has 0 saturated heterocycles. The Balaban J connectivity index is 1.22.